The molecule has 2 heterocycles. The monoisotopic (exact) mass is 456 g/mol. The van der Waals surface area contributed by atoms with Crippen molar-refractivity contribution < 1.29 is 17.9 Å². The number of hydrogen-bond donors (Lipinski definition) is 0. The molecular weight excluding hydrogens is 424 g/mol. The Morgan fingerprint density at radius 1 is 0.938 bits per heavy atom. The lowest BCUT2D eigenvalue weighted by Crippen LogP contribution is -2.35. The van der Waals surface area contributed by atoms with Gasteiger partial charge in [0.2, 0.25) is 15.9 Å². The average molecular weight is 457 g/mol. The summed E-state index contributed by atoms with van der Waals surface area (Å²) in [5.41, 5.74) is 2.13. The number of benzene rings is 2. The van der Waals surface area contributed by atoms with Gasteiger partial charge < -0.3 is 9.64 Å². The maximum absolute atomic E-state index is 13.0. The summed E-state index contributed by atoms with van der Waals surface area (Å²) in [7, 11) is -1.77. The Hall–Kier alpha value is -2.38. The number of aryl methyl sites for hydroxylation is 1. The number of sulfonamides is 1. The number of methoxy groups -OCH3 is 1. The second-order valence-corrected chi connectivity index (χ2v) is 10.6. The highest BCUT2D eigenvalue weighted by molar-refractivity contribution is 7.89. The highest BCUT2D eigenvalue weighted by atomic mass is 32.2. The van der Waals surface area contributed by atoms with Gasteiger partial charge in [0.15, 0.2) is 0 Å². The van der Waals surface area contributed by atoms with Gasteiger partial charge in [-0.05, 0) is 67.5 Å². The quantitative estimate of drug-likeness (QED) is 0.627. The fraction of sp³-hybridized carbons (Fsp3) is 0.480. The van der Waals surface area contributed by atoms with E-state index in [0.29, 0.717) is 30.8 Å². The number of likely N-dealkylation sites (tertiary alicyclic amines) is 1. The first-order valence-corrected chi connectivity index (χ1v) is 13.0. The van der Waals surface area contributed by atoms with Gasteiger partial charge >= 0.3 is 0 Å². The first-order chi connectivity index (χ1) is 15.5. The van der Waals surface area contributed by atoms with Crippen molar-refractivity contribution in [3.63, 3.8) is 0 Å². The van der Waals surface area contributed by atoms with Gasteiger partial charge in [0.25, 0.3) is 0 Å². The van der Waals surface area contributed by atoms with E-state index in [1.165, 1.54) is 0 Å². The number of amides is 1. The van der Waals surface area contributed by atoms with Gasteiger partial charge in [0, 0.05) is 26.1 Å². The summed E-state index contributed by atoms with van der Waals surface area (Å²) in [4.78, 5) is 15.3. The topological polar surface area (TPSA) is 66.9 Å². The predicted molar refractivity (Wildman–Crippen MR) is 124 cm³/mol. The molecule has 6 nitrogen and oxygen atoms in total. The van der Waals surface area contributed by atoms with Gasteiger partial charge in [-0.2, -0.15) is 4.31 Å². The van der Waals surface area contributed by atoms with Crippen LogP contribution in [0, 0.1) is 0 Å². The van der Waals surface area contributed by atoms with Crippen LogP contribution in [0.3, 0.4) is 0 Å². The van der Waals surface area contributed by atoms with Crippen LogP contribution in [-0.4, -0.2) is 50.3 Å². The average Bonchev–Trinajstić information content (AvgIpc) is 3.33. The molecule has 0 aliphatic carbocycles. The number of ether oxygens (including phenoxy) is 1. The van der Waals surface area contributed by atoms with Crippen LogP contribution in [0.5, 0.6) is 5.75 Å². The molecule has 0 radical (unpaired) electrons. The number of piperidine rings is 1. The maximum Gasteiger partial charge on any atom is 0.243 e. The van der Waals surface area contributed by atoms with Crippen molar-refractivity contribution in [2.24, 2.45) is 0 Å². The summed E-state index contributed by atoms with van der Waals surface area (Å²) in [5.74, 6) is 0.962. The lowest BCUT2D eigenvalue weighted by Gasteiger charge is -2.26. The van der Waals surface area contributed by atoms with Crippen molar-refractivity contribution in [1.29, 1.82) is 0 Å². The number of hydrogen-bond acceptors (Lipinski definition) is 4. The molecule has 2 aliphatic rings. The van der Waals surface area contributed by atoms with Crippen LogP contribution in [0.25, 0.3) is 0 Å². The highest BCUT2D eigenvalue weighted by Crippen LogP contribution is 2.33. The number of carbonyl (C=O) groups excluding carboxylic acids is 1. The van der Waals surface area contributed by atoms with Crippen LogP contribution < -0.4 is 4.74 Å². The van der Waals surface area contributed by atoms with Crippen LogP contribution in [0.1, 0.15) is 55.7 Å². The molecule has 0 saturated carbocycles. The second-order valence-electron chi connectivity index (χ2n) is 8.63. The van der Waals surface area contributed by atoms with Crippen LogP contribution in [0.15, 0.2) is 53.4 Å². The Kier molecular flexibility index (Phi) is 7.16. The van der Waals surface area contributed by atoms with Crippen molar-refractivity contribution in [2.45, 2.75) is 55.9 Å². The zero-order valence-corrected chi connectivity index (χ0v) is 19.5. The minimum absolute atomic E-state index is 0.116. The minimum atomic E-state index is -3.42. The molecule has 0 spiro atoms. The normalized spacial score (nSPS) is 19.8. The van der Waals surface area contributed by atoms with E-state index in [9.17, 15) is 13.2 Å². The van der Waals surface area contributed by atoms with Crippen molar-refractivity contribution >= 4 is 15.9 Å². The van der Waals surface area contributed by atoms with Crippen LogP contribution in [-0.2, 0) is 21.2 Å². The zero-order chi connectivity index (χ0) is 22.6. The molecule has 4 rings (SSSR count). The van der Waals surface area contributed by atoms with E-state index in [0.717, 1.165) is 55.5 Å². The van der Waals surface area contributed by atoms with Crippen molar-refractivity contribution in [1.82, 2.24) is 9.21 Å². The molecule has 2 aliphatic heterocycles. The molecular formula is C25H32N2O4S. The molecule has 2 fully saturated rings. The van der Waals surface area contributed by atoms with E-state index in [1.54, 1.807) is 23.5 Å². The zero-order valence-electron chi connectivity index (χ0n) is 18.7. The number of carbonyl (C=O) groups is 1. The van der Waals surface area contributed by atoms with Crippen LogP contribution >= 0.6 is 0 Å². The highest BCUT2D eigenvalue weighted by Gasteiger charge is 2.30. The molecule has 1 unspecified atom stereocenters. The summed E-state index contributed by atoms with van der Waals surface area (Å²) in [6.45, 7) is 1.98. The Balaban J connectivity index is 1.36. The molecule has 7 heteroatoms. The van der Waals surface area contributed by atoms with E-state index in [2.05, 4.69) is 0 Å². The fourth-order valence-electron chi connectivity index (χ4n) is 4.72. The first kappa shape index (κ1) is 22.8. The maximum atomic E-state index is 13.0. The van der Waals surface area contributed by atoms with E-state index in [-0.39, 0.29) is 11.9 Å². The van der Waals surface area contributed by atoms with Crippen LogP contribution in [0.2, 0.25) is 0 Å². The molecule has 0 bridgehead atoms. The van der Waals surface area contributed by atoms with Crippen molar-refractivity contribution in [3.8, 4) is 5.75 Å². The molecule has 1 amide bonds. The Morgan fingerprint density at radius 3 is 2.28 bits per heavy atom. The molecule has 0 N–H and O–H groups in total. The summed E-state index contributed by atoms with van der Waals surface area (Å²) in [6.07, 6.45) is 5.95. The van der Waals surface area contributed by atoms with Gasteiger partial charge in [-0.25, -0.2) is 8.42 Å². The summed E-state index contributed by atoms with van der Waals surface area (Å²) in [5, 5.41) is 0. The van der Waals surface area contributed by atoms with Gasteiger partial charge in [0.1, 0.15) is 5.75 Å². The Bertz CT molecular complexity index is 1010. The molecule has 0 aromatic heterocycles. The van der Waals surface area contributed by atoms with E-state index in [4.69, 9.17) is 4.74 Å². The summed E-state index contributed by atoms with van der Waals surface area (Å²) >= 11 is 0. The Morgan fingerprint density at radius 2 is 1.62 bits per heavy atom. The molecule has 32 heavy (non-hydrogen) atoms. The molecule has 1 atom stereocenters. The molecule has 2 saturated heterocycles. The van der Waals surface area contributed by atoms with Crippen LogP contribution in [0.4, 0.5) is 0 Å². The molecule has 172 valence electrons. The lowest BCUT2D eigenvalue weighted by atomic mass is 10.0. The largest absolute Gasteiger partial charge is 0.497 e. The van der Waals surface area contributed by atoms with Gasteiger partial charge in [-0.1, -0.05) is 30.7 Å². The van der Waals surface area contributed by atoms with Crippen molar-refractivity contribution in [2.75, 3.05) is 26.7 Å². The standard InChI is InChI=1S/C25H32N2O4S/c1-31-22-12-10-21(11-13-22)24-6-5-19-27(24)25(28)16-9-20-7-14-23(15-8-20)32(29,30)26-17-3-2-4-18-26/h7-8,10-15,24H,2-6,9,16-19H2,1H3. The molecule has 2 aromatic rings. The van der Waals surface area contributed by atoms with Gasteiger partial charge in [0.05, 0.1) is 18.0 Å². The summed E-state index contributed by atoms with van der Waals surface area (Å²) in [6, 6.07) is 15.1. The van der Waals surface area contributed by atoms with E-state index in [1.807, 2.05) is 41.3 Å². The number of rotatable bonds is 7. The van der Waals surface area contributed by atoms with E-state index < -0.39 is 10.0 Å². The summed E-state index contributed by atoms with van der Waals surface area (Å²) < 4.78 is 32.4. The van der Waals surface area contributed by atoms with Crippen molar-refractivity contribution in [3.05, 3.63) is 59.7 Å². The molecule has 2 aromatic carbocycles. The van der Waals surface area contributed by atoms with Gasteiger partial charge in [-0.3, -0.25) is 4.79 Å². The first-order valence-electron chi connectivity index (χ1n) is 11.5. The fourth-order valence-corrected chi connectivity index (χ4v) is 6.23. The van der Waals surface area contributed by atoms with Gasteiger partial charge in [-0.15, -0.1) is 0 Å². The second kappa shape index (κ2) is 10.0. The minimum Gasteiger partial charge on any atom is -0.497 e. The third-order valence-corrected chi connectivity index (χ3v) is 8.49. The lowest BCUT2D eigenvalue weighted by molar-refractivity contribution is -0.132. The third kappa shape index (κ3) is 4.99. The SMILES string of the molecule is COc1ccc(C2CCCN2C(=O)CCc2ccc(S(=O)(=O)N3CCCCC3)cc2)cc1. The smallest absolute Gasteiger partial charge is 0.243 e. The predicted octanol–water partition coefficient (Wildman–Crippen LogP) is 4.17. The number of nitrogens with zero attached hydrogens (tertiary/aromatic N) is 2. The van der Waals surface area contributed by atoms with E-state index >= 15 is 0 Å². The third-order valence-electron chi connectivity index (χ3n) is 6.58. The Labute approximate surface area is 191 Å².